The molecule has 0 spiro atoms. The highest BCUT2D eigenvalue weighted by Crippen LogP contribution is 2.36. The van der Waals surface area contributed by atoms with Crippen LogP contribution >= 0.6 is 15.9 Å². The third kappa shape index (κ3) is 2.50. The van der Waals surface area contributed by atoms with Gasteiger partial charge in [0.1, 0.15) is 5.92 Å². The summed E-state index contributed by atoms with van der Waals surface area (Å²) >= 11 is 3.42. The van der Waals surface area contributed by atoms with Gasteiger partial charge in [-0.25, -0.2) is 0 Å². The molecular formula is C18H12BrN3. The molecule has 0 radical (unpaired) electrons. The fourth-order valence-corrected chi connectivity index (χ4v) is 3.02. The van der Waals surface area contributed by atoms with Crippen molar-refractivity contribution in [2.45, 2.75) is 5.92 Å². The quantitative estimate of drug-likeness (QED) is 0.742. The van der Waals surface area contributed by atoms with Crippen molar-refractivity contribution in [1.29, 1.82) is 10.5 Å². The van der Waals surface area contributed by atoms with Gasteiger partial charge in [-0.05, 0) is 29.3 Å². The number of halogens is 1. The average Bonchev–Trinajstić information content (AvgIpc) is 2.97. The summed E-state index contributed by atoms with van der Waals surface area (Å²) in [6.45, 7) is 0. The number of aromatic nitrogens is 1. The van der Waals surface area contributed by atoms with Crippen molar-refractivity contribution in [2.24, 2.45) is 5.92 Å². The molecule has 0 aliphatic carbocycles. The van der Waals surface area contributed by atoms with Crippen LogP contribution in [-0.2, 0) is 0 Å². The topological polar surface area (TPSA) is 63.4 Å². The summed E-state index contributed by atoms with van der Waals surface area (Å²) in [5.74, 6) is -1.01. The minimum Gasteiger partial charge on any atom is -0.361 e. The van der Waals surface area contributed by atoms with E-state index in [-0.39, 0.29) is 5.92 Å². The standard InChI is InChI=1S/C18H12BrN3/c19-14-7-5-12(6-8-14)18(13(9-20)10-21)16-11-22-17-4-2-1-3-15(16)17/h1-8,11,13,18,22H. The summed E-state index contributed by atoms with van der Waals surface area (Å²) in [5.41, 5.74) is 2.95. The van der Waals surface area contributed by atoms with E-state index in [9.17, 15) is 10.5 Å². The van der Waals surface area contributed by atoms with E-state index in [2.05, 4.69) is 33.1 Å². The first kappa shape index (κ1) is 14.4. The number of fused-ring (bicyclic) bond motifs is 1. The number of nitrogens with one attached hydrogen (secondary N) is 1. The smallest absolute Gasteiger partial charge is 0.144 e. The van der Waals surface area contributed by atoms with E-state index in [0.717, 1.165) is 26.5 Å². The summed E-state index contributed by atoms with van der Waals surface area (Å²) in [5, 5.41) is 19.8. The van der Waals surface area contributed by atoms with Gasteiger partial charge in [-0.3, -0.25) is 0 Å². The molecule has 1 atom stereocenters. The number of nitriles is 2. The van der Waals surface area contributed by atoms with E-state index in [4.69, 9.17) is 0 Å². The Hall–Kier alpha value is -2.56. The maximum atomic E-state index is 9.39. The Morgan fingerprint density at radius 2 is 1.64 bits per heavy atom. The number of aromatic amines is 1. The minimum absolute atomic E-state index is 0.278. The molecule has 22 heavy (non-hydrogen) atoms. The van der Waals surface area contributed by atoms with Gasteiger partial charge in [0.15, 0.2) is 0 Å². The molecular weight excluding hydrogens is 338 g/mol. The third-order valence-corrected chi connectivity index (χ3v) is 4.33. The van der Waals surface area contributed by atoms with Gasteiger partial charge in [0.2, 0.25) is 0 Å². The molecule has 0 bridgehead atoms. The van der Waals surface area contributed by atoms with Crippen LogP contribution in [0.1, 0.15) is 17.0 Å². The maximum Gasteiger partial charge on any atom is 0.144 e. The van der Waals surface area contributed by atoms with E-state index in [1.807, 2.05) is 54.7 Å². The number of para-hydroxylation sites is 1. The van der Waals surface area contributed by atoms with Gasteiger partial charge in [0.05, 0.1) is 12.1 Å². The van der Waals surface area contributed by atoms with Crippen molar-refractivity contribution >= 4 is 26.8 Å². The molecule has 3 aromatic rings. The SMILES string of the molecule is N#CC(C#N)C(c1ccc(Br)cc1)c1c[nH]c2ccccc12. The van der Waals surface area contributed by atoms with Gasteiger partial charge in [-0.1, -0.05) is 46.3 Å². The largest absolute Gasteiger partial charge is 0.361 e. The Morgan fingerprint density at radius 1 is 0.955 bits per heavy atom. The summed E-state index contributed by atoms with van der Waals surface area (Å²) < 4.78 is 0.972. The van der Waals surface area contributed by atoms with Gasteiger partial charge in [-0.2, -0.15) is 10.5 Å². The van der Waals surface area contributed by atoms with Crippen LogP contribution < -0.4 is 0 Å². The zero-order valence-electron chi connectivity index (χ0n) is 11.6. The molecule has 0 fully saturated rings. The highest BCUT2D eigenvalue weighted by Gasteiger charge is 2.27. The van der Waals surface area contributed by atoms with Gasteiger partial charge in [0.25, 0.3) is 0 Å². The van der Waals surface area contributed by atoms with Crippen LogP contribution in [0.2, 0.25) is 0 Å². The number of benzene rings is 2. The van der Waals surface area contributed by atoms with E-state index < -0.39 is 5.92 Å². The molecule has 3 nitrogen and oxygen atoms in total. The van der Waals surface area contributed by atoms with Crippen LogP contribution in [0.25, 0.3) is 10.9 Å². The maximum absolute atomic E-state index is 9.39. The van der Waals surface area contributed by atoms with Crippen LogP contribution in [0.3, 0.4) is 0 Å². The van der Waals surface area contributed by atoms with Crippen molar-refractivity contribution in [3.8, 4) is 12.1 Å². The predicted octanol–water partition coefficient (Wildman–Crippen LogP) is 4.73. The summed E-state index contributed by atoms with van der Waals surface area (Å²) in [7, 11) is 0. The van der Waals surface area contributed by atoms with Crippen molar-refractivity contribution in [2.75, 3.05) is 0 Å². The van der Waals surface area contributed by atoms with Gasteiger partial charge in [0, 0.05) is 27.5 Å². The molecule has 3 rings (SSSR count). The number of H-pyrrole nitrogens is 1. The van der Waals surface area contributed by atoms with Gasteiger partial charge >= 0.3 is 0 Å². The summed E-state index contributed by atoms with van der Waals surface area (Å²) in [6.07, 6.45) is 1.90. The molecule has 0 aliphatic rings. The van der Waals surface area contributed by atoms with Crippen LogP contribution in [-0.4, -0.2) is 4.98 Å². The zero-order valence-corrected chi connectivity index (χ0v) is 13.2. The molecule has 2 aromatic carbocycles. The highest BCUT2D eigenvalue weighted by molar-refractivity contribution is 9.10. The number of rotatable bonds is 3. The summed E-state index contributed by atoms with van der Waals surface area (Å²) in [6, 6.07) is 20.0. The van der Waals surface area contributed by atoms with E-state index in [0.29, 0.717) is 0 Å². The Kier molecular flexibility index (Phi) is 3.96. The molecule has 106 valence electrons. The minimum atomic E-state index is -0.736. The second-order valence-corrected chi connectivity index (χ2v) is 5.97. The lowest BCUT2D eigenvalue weighted by molar-refractivity contribution is 0.714. The summed E-state index contributed by atoms with van der Waals surface area (Å²) in [4.78, 5) is 3.22. The van der Waals surface area contributed by atoms with Crippen molar-refractivity contribution < 1.29 is 0 Å². The second kappa shape index (κ2) is 6.05. The normalized spacial score (nSPS) is 12.0. The van der Waals surface area contributed by atoms with E-state index in [1.54, 1.807) is 0 Å². The first-order valence-electron chi connectivity index (χ1n) is 6.85. The number of hydrogen-bond donors (Lipinski definition) is 1. The number of hydrogen-bond acceptors (Lipinski definition) is 2. The fraction of sp³-hybridized carbons (Fsp3) is 0.111. The molecule has 4 heteroatoms. The van der Waals surface area contributed by atoms with Crippen LogP contribution in [0, 0.1) is 28.6 Å². The molecule has 1 unspecified atom stereocenters. The van der Waals surface area contributed by atoms with Gasteiger partial charge < -0.3 is 4.98 Å². The molecule has 0 aliphatic heterocycles. The molecule has 1 heterocycles. The second-order valence-electron chi connectivity index (χ2n) is 5.05. The molecule has 1 aromatic heterocycles. The van der Waals surface area contributed by atoms with Crippen molar-refractivity contribution in [3.05, 3.63) is 70.3 Å². The Morgan fingerprint density at radius 3 is 2.32 bits per heavy atom. The zero-order chi connectivity index (χ0) is 15.5. The highest BCUT2D eigenvalue weighted by atomic mass is 79.9. The van der Waals surface area contributed by atoms with Crippen molar-refractivity contribution in [3.63, 3.8) is 0 Å². The molecule has 1 N–H and O–H groups in total. The first-order chi connectivity index (χ1) is 10.7. The third-order valence-electron chi connectivity index (χ3n) is 3.80. The monoisotopic (exact) mass is 349 g/mol. The Balaban J connectivity index is 2.20. The lowest BCUT2D eigenvalue weighted by atomic mass is 9.82. The lowest BCUT2D eigenvalue weighted by Gasteiger charge is -2.18. The average molecular weight is 350 g/mol. The van der Waals surface area contributed by atoms with Crippen molar-refractivity contribution in [1.82, 2.24) is 4.98 Å². The predicted molar refractivity (Wildman–Crippen MR) is 89.0 cm³/mol. The van der Waals surface area contributed by atoms with E-state index in [1.165, 1.54) is 0 Å². The lowest BCUT2D eigenvalue weighted by Crippen LogP contribution is -2.11. The first-order valence-corrected chi connectivity index (χ1v) is 7.64. The number of nitrogens with zero attached hydrogens (tertiary/aromatic N) is 2. The van der Waals surface area contributed by atoms with Crippen LogP contribution in [0.5, 0.6) is 0 Å². The molecule has 0 amide bonds. The Bertz CT molecular complexity index is 867. The Labute approximate surface area is 136 Å². The van der Waals surface area contributed by atoms with Crippen LogP contribution in [0.4, 0.5) is 0 Å². The molecule has 0 saturated heterocycles. The van der Waals surface area contributed by atoms with Gasteiger partial charge in [-0.15, -0.1) is 0 Å². The van der Waals surface area contributed by atoms with E-state index >= 15 is 0 Å². The fourth-order valence-electron chi connectivity index (χ4n) is 2.75. The van der Waals surface area contributed by atoms with Crippen LogP contribution in [0.15, 0.2) is 59.2 Å². The molecule has 0 saturated carbocycles.